The molecule has 154 valence electrons. The number of H-pyrrole nitrogens is 1. The summed E-state index contributed by atoms with van der Waals surface area (Å²) in [5.74, 6) is 0.707. The van der Waals surface area contributed by atoms with Gasteiger partial charge in [-0.3, -0.25) is 9.67 Å². The topological polar surface area (TPSA) is 154 Å². The van der Waals surface area contributed by atoms with Gasteiger partial charge in [0.2, 0.25) is 0 Å². The second-order valence-corrected chi connectivity index (χ2v) is 7.29. The molecule has 0 saturated carbocycles. The number of ether oxygens (including phenoxy) is 1. The van der Waals surface area contributed by atoms with E-state index in [4.69, 9.17) is 21.2 Å². The molecule has 1 aliphatic heterocycles. The van der Waals surface area contributed by atoms with E-state index in [1.165, 1.54) is 0 Å². The maximum Gasteiger partial charge on any atom is 0.182 e. The van der Waals surface area contributed by atoms with E-state index in [1.54, 1.807) is 12.5 Å². The number of nitrogen functional groups attached to an aromatic ring is 1. The van der Waals surface area contributed by atoms with Crippen molar-refractivity contribution >= 4 is 17.0 Å². The standard InChI is InChI=1S/C20H22N8O2/c21-7-11-1-3-12(4-2-11)14-8-24-27-16(14)19-25-18(22)17-20(26-19)28(10-23-17)15-6-5-13(9-29)30-15/h1-4,8,10,13,15,29H,5-7,9,21H2,(H,24,27)(H2,22,25,26). The number of nitrogens with zero attached hydrogens (tertiary/aromatic N) is 5. The number of hydrogen-bond acceptors (Lipinski definition) is 8. The molecule has 30 heavy (non-hydrogen) atoms. The first kappa shape index (κ1) is 18.7. The molecule has 1 aromatic carbocycles. The Morgan fingerprint density at radius 2 is 2.03 bits per heavy atom. The number of imidazole rings is 1. The summed E-state index contributed by atoms with van der Waals surface area (Å²) in [6.07, 6.45) is 4.50. The van der Waals surface area contributed by atoms with Crippen LogP contribution in [0.2, 0.25) is 0 Å². The van der Waals surface area contributed by atoms with Crippen LogP contribution in [-0.2, 0) is 11.3 Å². The van der Waals surface area contributed by atoms with Gasteiger partial charge in [0.1, 0.15) is 17.4 Å². The third kappa shape index (κ3) is 3.11. The lowest BCUT2D eigenvalue weighted by Crippen LogP contribution is -2.14. The highest BCUT2D eigenvalue weighted by Gasteiger charge is 2.28. The number of aromatic nitrogens is 6. The highest BCUT2D eigenvalue weighted by atomic mass is 16.5. The maximum absolute atomic E-state index is 9.37. The number of rotatable bonds is 5. The van der Waals surface area contributed by atoms with E-state index in [0.29, 0.717) is 29.2 Å². The number of aliphatic hydroxyl groups is 1. The smallest absolute Gasteiger partial charge is 0.182 e. The Labute approximate surface area is 171 Å². The van der Waals surface area contributed by atoms with Crippen LogP contribution in [-0.4, -0.2) is 47.5 Å². The van der Waals surface area contributed by atoms with E-state index in [0.717, 1.165) is 29.5 Å². The van der Waals surface area contributed by atoms with Gasteiger partial charge in [-0.1, -0.05) is 24.3 Å². The Morgan fingerprint density at radius 1 is 1.20 bits per heavy atom. The average Bonchev–Trinajstić information content (AvgIpc) is 3.52. The van der Waals surface area contributed by atoms with Crippen molar-refractivity contribution in [3.8, 4) is 22.6 Å². The number of fused-ring (bicyclic) bond motifs is 1. The Morgan fingerprint density at radius 3 is 2.77 bits per heavy atom. The minimum absolute atomic E-state index is 0.00798. The van der Waals surface area contributed by atoms with Gasteiger partial charge in [0, 0.05) is 12.1 Å². The van der Waals surface area contributed by atoms with Crippen molar-refractivity contribution in [2.24, 2.45) is 5.73 Å². The largest absolute Gasteiger partial charge is 0.394 e. The highest BCUT2D eigenvalue weighted by Crippen LogP contribution is 2.33. The molecule has 0 bridgehead atoms. The predicted molar refractivity (Wildman–Crippen MR) is 111 cm³/mol. The maximum atomic E-state index is 9.37. The summed E-state index contributed by atoms with van der Waals surface area (Å²) in [5, 5.41) is 16.5. The predicted octanol–water partition coefficient (Wildman–Crippen LogP) is 1.59. The summed E-state index contributed by atoms with van der Waals surface area (Å²) < 4.78 is 7.74. The van der Waals surface area contributed by atoms with Crippen molar-refractivity contribution in [3.63, 3.8) is 0 Å². The number of benzene rings is 1. The van der Waals surface area contributed by atoms with E-state index in [9.17, 15) is 5.11 Å². The van der Waals surface area contributed by atoms with Crippen LogP contribution >= 0.6 is 0 Å². The molecule has 3 aromatic heterocycles. The molecule has 10 nitrogen and oxygen atoms in total. The number of anilines is 1. The molecule has 1 fully saturated rings. The minimum atomic E-state index is -0.251. The molecular weight excluding hydrogens is 384 g/mol. The van der Waals surface area contributed by atoms with Crippen LogP contribution in [0.25, 0.3) is 33.8 Å². The third-order valence-corrected chi connectivity index (χ3v) is 5.41. The number of hydrogen-bond donors (Lipinski definition) is 4. The first-order valence-electron chi connectivity index (χ1n) is 9.77. The summed E-state index contributed by atoms with van der Waals surface area (Å²) in [6, 6.07) is 7.94. The van der Waals surface area contributed by atoms with Crippen molar-refractivity contribution in [2.75, 3.05) is 12.3 Å². The van der Waals surface area contributed by atoms with Crippen LogP contribution < -0.4 is 11.5 Å². The molecule has 0 aliphatic carbocycles. The zero-order valence-corrected chi connectivity index (χ0v) is 16.2. The first-order valence-corrected chi connectivity index (χ1v) is 9.77. The van der Waals surface area contributed by atoms with Crippen LogP contribution in [0.4, 0.5) is 5.82 Å². The molecule has 0 radical (unpaired) electrons. The van der Waals surface area contributed by atoms with E-state index in [-0.39, 0.29) is 24.8 Å². The summed E-state index contributed by atoms with van der Waals surface area (Å²) in [7, 11) is 0. The Kier molecular flexibility index (Phi) is 4.66. The summed E-state index contributed by atoms with van der Waals surface area (Å²) in [6.45, 7) is 0.477. The summed E-state index contributed by atoms with van der Waals surface area (Å²) >= 11 is 0. The fourth-order valence-corrected chi connectivity index (χ4v) is 3.78. The lowest BCUT2D eigenvalue weighted by Gasteiger charge is -2.14. The lowest BCUT2D eigenvalue weighted by atomic mass is 10.0. The number of nitrogens with one attached hydrogen (secondary N) is 1. The fraction of sp³-hybridized carbons (Fsp3) is 0.300. The van der Waals surface area contributed by atoms with Crippen LogP contribution in [0.3, 0.4) is 0 Å². The molecule has 10 heteroatoms. The van der Waals surface area contributed by atoms with Crippen molar-refractivity contribution in [3.05, 3.63) is 42.4 Å². The second-order valence-electron chi connectivity index (χ2n) is 7.29. The average molecular weight is 406 g/mol. The minimum Gasteiger partial charge on any atom is -0.394 e. The second kappa shape index (κ2) is 7.48. The highest BCUT2D eigenvalue weighted by molar-refractivity contribution is 5.86. The molecule has 5 rings (SSSR count). The molecule has 4 aromatic rings. The Hall–Kier alpha value is -3.34. The number of aliphatic hydroxyl groups excluding tert-OH is 1. The van der Waals surface area contributed by atoms with E-state index in [1.807, 2.05) is 28.8 Å². The van der Waals surface area contributed by atoms with Crippen LogP contribution in [0.1, 0.15) is 24.6 Å². The monoisotopic (exact) mass is 406 g/mol. The normalized spacial score (nSPS) is 19.0. The first-order chi connectivity index (χ1) is 14.7. The fourth-order valence-electron chi connectivity index (χ4n) is 3.78. The SMILES string of the molecule is NCc1ccc(-c2cn[nH]c2-c2nc(N)c3ncn(C4CCC(CO)O4)c3n2)cc1. The summed E-state index contributed by atoms with van der Waals surface area (Å²) in [5.41, 5.74) is 16.5. The lowest BCUT2D eigenvalue weighted by molar-refractivity contribution is -0.0207. The Bertz CT molecular complexity index is 1180. The number of aromatic amines is 1. The quantitative estimate of drug-likeness (QED) is 0.390. The Balaban J connectivity index is 1.57. The van der Waals surface area contributed by atoms with Gasteiger partial charge in [0.25, 0.3) is 0 Å². The molecule has 4 heterocycles. The third-order valence-electron chi connectivity index (χ3n) is 5.41. The van der Waals surface area contributed by atoms with Crippen molar-refractivity contribution < 1.29 is 9.84 Å². The van der Waals surface area contributed by atoms with Gasteiger partial charge in [0.05, 0.1) is 25.2 Å². The van der Waals surface area contributed by atoms with Crippen LogP contribution in [0.5, 0.6) is 0 Å². The van der Waals surface area contributed by atoms with Gasteiger partial charge in [-0.25, -0.2) is 15.0 Å². The van der Waals surface area contributed by atoms with E-state index < -0.39 is 0 Å². The van der Waals surface area contributed by atoms with Crippen LogP contribution in [0, 0.1) is 0 Å². The van der Waals surface area contributed by atoms with Gasteiger partial charge in [-0.15, -0.1) is 0 Å². The molecule has 2 atom stereocenters. The molecule has 2 unspecified atom stereocenters. The van der Waals surface area contributed by atoms with E-state index >= 15 is 0 Å². The van der Waals surface area contributed by atoms with Gasteiger partial charge in [0.15, 0.2) is 17.3 Å². The molecular formula is C20H22N8O2. The van der Waals surface area contributed by atoms with Crippen molar-refractivity contribution in [1.29, 1.82) is 0 Å². The van der Waals surface area contributed by atoms with Gasteiger partial charge in [-0.05, 0) is 24.0 Å². The van der Waals surface area contributed by atoms with E-state index in [2.05, 4.69) is 20.2 Å². The van der Waals surface area contributed by atoms with Gasteiger partial charge < -0.3 is 21.3 Å². The zero-order chi connectivity index (χ0) is 20.7. The van der Waals surface area contributed by atoms with Gasteiger partial charge >= 0.3 is 0 Å². The van der Waals surface area contributed by atoms with Crippen molar-refractivity contribution in [2.45, 2.75) is 31.7 Å². The van der Waals surface area contributed by atoms with Gasteiger partial charge in [-0.2, -0.15) is 5.10 Å². The zero-order valence-electron chi connectivity index (χ0n) is 16.2. The molecule has 1 aliphatic rings. The molecule has 1 saturated heterocycles. The molecule has 0 amide bonds. The van der Waals surface area contributed by atoms with Crippen molar-refractivity contribution in [1.82, 2.24) is 29.7 Å². The van der Waals surface area contributed by atoms with Crippen LogP contribution in [0.15, 0.2) is 36.8 Å². The molecule has 0 spiro atoms. The molecule has 6 N–H and O–H groups in total. The summed E-state index contributed by atoms with van der Waals surface area (Å²) in [4.78, 5) is 13.6. The number of nitrogens with two attached hydrogens (primary N) is 2.